The van der Waals surface area contributed by atoms with Crippen molar-refractivity contribution in [3.63, 3.8) is 0 Å². The van der Waals surface area contributed by atoms with Crippen LogP contribution in [0.1, 0.15) is 37.4 Å². The summed E-state index contributed by atoms with van der Waals surface area (Å²) in [5, 5.41) is 6.48. The van der Waals surface area contributed by atoms with Gasteiger partial charge in [-0.1, -0.05) is 0 Å². The first-order chi connectivity index (χ1) is 15.3. The number of likely N-dealkylation sites (tertiary alicyclic amines) is 1. The van der Waals surface area contributed by atoms with E-state index in [-0.39, 0.29) is 11.9 Å². The highest BCUT2D eigenvalue weighted by atomic mass is 32.1. The largest absolute Gasteiger partial charge is 0.376 e. The summed E-state index contributed by atoms with van der Waals surface area (Å²) in [5.74, 6) is -0.228. The Morgan fingerprint density at radius 3 is 2.71 bits per heavy atom. The second kappa shape index (κ2) is 9.42. The fourth-order valence-electron chi connectivity index (χ4n) is 4.38. The third-order valence-electron chi connectivity index (χ3n) is 6.07. The van der Waals surface area contributed by atoms with Crippen molar-refractivity contribution in [3.05, 3.63) is 58.6 Å². The Balaban J connectivity index is 1.35. The molecule has 1 unspecified atom stereocenters. The SMILES string of the molecule is Fc1ccc(-n2c(CN3CCC(n4cncn4)CC3)csc2=NCC2CCCO2)cc1. The number of benzene rings is 1. The summed E-state index contributed by atoms with van der Waals surface area (Å²) in [6.45, 7) is 4.36. The molecule has 2 saturated heterocycles. The van der Waals surface area contributed by atoms with Gasteiger partial charge in [-0.05, 0) is 49.9 Å². The van der Waals surface area contributed by atoms with E-state index >= 15 is 0 Å². The molecule has 7 nitrogen and oxygen atoms in total. The van der Waals surface area contributed by atoms with Gasteiger partial charge in [-0.3, -0.25) is 14.5 Å². The summed E-state index contributed by atoms with van der Waals surface area (Å²) < 4.78 is 23.4. The molecule has 2 aliphatic heterocycles. The molecule has 0 bridgehead atoms. The zero-order chi connectivity index (χ0) is 21.0. The van der Waals surface area contributed by atoms with Crippen molar-refractivity contribution in [2.45, 2.75) is 44.4 Å². The predicted octanol–water partition coefficient (Wildman–Crippen LogP) is 3.19. The molecule has 3 aromatic rings. The van der Waals surface area contributed by atoms with Gasteiger partial charge in [0.2, 0.25) is 0 Å². The van der Waals surface area contributed by atoms with Crippen LogP contribution in [0.25, 0.3) is 5.69 Å². The van der Waals surface area contributed by atoms with Crippen LogP contribution in [0.3, 0.4) is 0 Å². The number of hydrogen-bond donors (Lipinski definition) is 0. The number of piperidine rings is 1. The highest BCUT2D eigenvalue weighted by molar-refractivity contribution is 7.07. The molecule has 0 radical (unpaired) electrons. The monoisotopic (exact) mass is 442 g/mol. The molecular weight excluding hydrogens is 415 g/mol. The zero-order valence-corrected chi connectivity index (χ0v) is 18.3. The normalized spacial score (nSPS) is 21.2. The average Bonchev–Trinajstić information content (AvgIpc) is 3.56. The van der Waals surface area contributed by atoms with Crippen molar-refractivity contribution in [2.75, 3.05) is 26.2 Å². The molecule has 0 aliphatic carbocycles. The summed E-state index contributed by atoms with van der Waals surface area (Å²) in [6.07, 6.45) is 7.91. The quantitative estimate of drug-likeness (QED) is 0.588. The lowest BCUT2D eigenvalue weighted by atomic mass is 10.1. The number of hydrogen-bond acceptors (Lipinski definition) is 6. The van der Waals surface area contributed by atoms with E-state index in [9.17, 15) is 4.39 Å². The zero-order valence-electron chi connectivity index (χ0n) is 17.4. The third-order valence-corrected chi connectivity index (χ3v) is 6.98. The number of aromatic nitrogens is 4. The van der Waals surface area contributed by atoms with Gasteiger partial charge in [0, 0.05) is 43.0 Å². The fraction of sp³-hybridized carbons (Fsp3) is 0.500. The van der Waals surface area contributed by atoms with Gasteiger partial charge in [0.15, 0.2) is 4.80 Å². The number of ether oxygens (including phenoxy) is 1. The number of thiazole rings is 1. The maximum atomic E-state index is 13.5. The maximum absolute atomic E-state index is 13.5. The molecule has 0 amide bonds. The van der Waals surface area contributed by atoms with E-state index < -0.39 is 0 Å². The molecule has 2 fully saturated rings. The predicted molar refractivity (Wildman–Crippen MR) is 117 cm³/mol. The van der Waals surface area contributed by atoms with Crippen LogP contribution in [-0.2, 0) is 11.3 Å². The molecule has 4 heterocycles. The van der Waals surface area contributed by atoms with Crippen molar-refractivity contribution in [2.24, 2.45) is 4.99 Å². The van der Waals surface area contributed by atoms with E-state index in [1.54, 1.807) is 17.7 Å². The number of rotatable bonds is 6. The smallest absolute Gasteiger partial charge is 0.189 e. The van der Waals surface area contributed by atoms with Crippen molar-refractivity contribution >= 4 is 11.3 Å². The van der Waals surface area contributed by atoms with Crippen LogP contribution in [-0.4, -0.2) is 56.6 Å². The van der Waals surface area contributed by atoms with Crippen LogP contribution in [0, 0.1) is 5.82 Å². The van der Waals surface area contributed by atoms with Crippen LogP contribution >= 0.6 is 11.3 Å². The van der Waals surface area contributed by atoms with E-state index in [0.717, 1.165) is 62.4 Å². The molecule has 9 heteroatoms. The van der Waals surface area contributed by atoms with Gasteiger partial charge in [-0.15, -0.1) is 11.3 Å². The van der Waals surface area contributed by atoms with Gasteiger partial charge in [0.1, 0.15) is 18.5 Å². The Morgan fingerprint density at radius 2 is 2.00 bits per heavy atom. The Labute approximate surface area is 184 Å². The molecule has 0 spiro atoms. The molecule has 0 saturated carbocycles. The lowest BCUT2D eigenvalue weighted by Gasteiger charge is -2.31. The number of nitrogens with zero attached hydrogens (tertiary/aromatic N) is 6. The van der Waals surface area contributed by atoms with E-state index in [1.165, 1.54) is 17.8 Å². The molecule has 164 valence electrons. The van der Waals surface area contributed by atoms with E-state index in [2.05, 4.69) is 24.9 Å². The molecule has 31 heavy (non-hydrogen) atoms. The molecule has 0 N–H and O–H groups in total. The minimum absolute atomic E-state index is 0.211. The summed E-state index contributed by atoms with van der Waals surface area (Å²) >= 11 is 1.64. The summed E-state index contributed by atoms with van der Waals surface area (Å²) in [5.41, 5.74) is 2.13. The van der Waals surface area contributed by atoms with Gasteiger partial charge in [0.05, 0.1) is 18.7 Å². The standard InChI is InChI=1S/C22H27FN6OS/c23-17-3-5-19(6-4-17)29-20(14-31-22(29)25-12-21-2-1-11-30-21)13-27-9-7-18(8-10-27)28-16-24-15-26-28/h3-6,14-16,18,21H,1-2,7-13H2. The summed E-state index contributed by atoms with van der Waals surface area (Å²) in [7, 11) is 0. The molecule has 1 atom stereocenters. The van der Waals surface area contributed by atoms with Gasteiger partial charge in [0.25, 0.3) is 0 Å². The van der Waals surface area contributed by atoms with Gasteiger partial charge in [-0.25, -0.2) is 14.1 Å². The lowest BCUT2D eigenvalue weighted by molar-refractivity contribution is 0.117. The van der Waals surface area contributed by atoms with Crippen molar-refractivity contribution < 1.29 is 9.13 Å². The first kappa shape index (κ1) is 20.5. The van der Waals surface area contributed by atoms with Crippen LogP contribution in [0.15, 0.2) is 47.3 Å². The van der Waals surface area contributed by atoms with Crippen LogP contribution in [0.5, 0.6) is 0 Å². The van der Waals surface area contributed by atoms with Crippen molar-refractivity contribution in [1.29, 1.82) is 0 Å². The molecule has 1 aromatic carbocycles. The molecule has 2 aliphatic rings. The Morgan fingerprint density at radius 1 is 1.16 bits per heavy atom. The highest BCUT2D eigenvalue weighted by Gasteiger charge is 2.22. The second-order valence-corrected chi connectivity index (χ2v) is 9.02. The lowest BCUT2D eigenvalue weighted by Crippen LogP contribution is -2.35. The molecule has 2 aromatic heterocycles. The Hall–Kier alpha value is -2.36. The van der Waals surface area contributed by atoms with E-state index in [1.807, 2.05) is 23.1 Å². The fourth-order valence-corrected chi connectivity index (χ4v) is 5.28. The van der Waals surface area contributed by atoms with Crippen LogP contribution < -0.4 is 4.80 Å². The van der Waals surface area contributed by atoms with Crippen molar-refractivity contribution in [3.8, 4) is 5.69 Å². The maximum Gasteiger partial charge on any atom is 0.189 e. The van der Waals surface area contributed by atoms with Gasteiger partial charge < -0.3 is 4.74 Å². The van der Waals surface area contributed by atoms with Gasteiger partial charge in [-0.2, -0.15) is 5.10 Å². The summed E-state index contributed by atoms with van der Waals surface area (Å²) in [6, 6.07) is 7.10. The summed E-state index contributed by atoms with van der Waals surface area (Å²) in [4.78, 5) is 12.4. The number of halogens is 1. The Bertz CT molecular complexity index is 1030. The second-order valence-electron chi connectivity index (χ2n) is 8.18. The third kappa shape index (κ3) is 4.78. The first-order valence-electron chi connectivity index (χ1n) is 10.9. The highest BCUT2D eigenvalue weighted by Crippen LogP contribution is 2.23. The average molecular weight is 443 g/mol. The minimum atomic E-state index is -0.228. The minimum Gasteiger partial charge on any atom is -0.376 e. The van der Waals surface area contributed by atoms with E-state index in [0.29, 0.717) is 12.6 Å². The molecular formula is C22H27FN6OS. The van der Waals surface area contributed by atoms with Gasteiger partial charge >= 0.3 is 0 Å². The first-order valence-corrected chi connectivity index (χ1v) is 11.8. The van der Waals surface area contributed by atoms with Crippen LogP contribution in [0.2, 0.25) is 0 Å². The Kier molecular flexibility index (Phi) is 6.24. The van der Waals surface area contributed by atoms with Crippen molar-refractivity contribution in [1.82, 2.24) is 24.2 Å². The van der Waals surface area contributed by atoms with E-state index in [4.69, 9.17) is 9.73 Å². The molecule has 5 rings (SSSR count). The van der Waals surface area contributed by atoms with Crippen LogP contribution in [0.4, 0.5) is 4.39 Å². The topological polar surface area (TPSA) is 60.5 Å².